The highest BCUT2D eigenvalue weighted by molar-refractivity contribution is 8.15. The van der Waals surface area contributed by atoms with Gasteiger partial charge in [0.25, 0.3) is 0 Å². The normalized spacial score (nSPS) is 20.0. The fourth-order valence-corrected chi connectivity index (χ4v) is 4.98. The maximum Gasteiger partial charge on any atom is 0.242 e. The molecule has 35 heavy (non-hydrogen) atoms. The number of aliphatic imine (C=N–C) groups is 1. The van der Waals surface area contributed by atoms with Crippen molar-refractivity contribution in [2.75, 3.05) is 44.7 Å². The minimum Gasteiger partial charge on any atom is -0.379 e. The molecule has 1 unspecified atom stereocenters. The molecule has 1 atom stereocenters. The van der Waals surface area contributed by atoms with Gasteiger partial charge in [-0.25, -0.2) is 18.2 Å². The van der Waals surface area contributed by atoms with Crippen LogP contribution in [0.15, 0.2) is 47.5 Å². The average Bonchev–Trinajstić information content (AvgIpc) is 3.12. The van der Waals surface area contributed by atoms with Crippen LogP contribution in [0.25, 0.3) is 0 Å². The molecule has 4 rings (SSSR count). The number of anilines is 1. The largest absolute Gasteiger partial charge is 0.379 e. The first-order chi connectivity index (χ1) is 16.9. The summed E-state index contributed by atoms with van der Waals surface area (Å²) in [5, 5.41) is 2.07. The second-order valence-electron chi connectivity index (χ2n) is 8.15. The van der Waals surface area contributed by atoms with Crippen molar-refractivity contribution in [3.05, 3.63) is 59.9 Å². The summed E-state index contributed by atoms with van der Waals surface area (Å²) in [6, 6.07) is 8.43. The molecule has 7 nitrogen and oxygen atoms in total. The molecule has 2 aromatic carbocycles. The third-order valence-corrected chi connectivity index (χ3v) is 6.78. The maximum atomic E-state index is 13.9. The van der Waals surface area contributed by atoms with Crippen LogP contribution >= 0.6 is 11.8 Å². The van der Waals surface area contributed by atoms with Crippen LogP contribution in [0.1, 0.15) is 12.8 Å². The van der Waals surface area contributed by atoms with Gasteiger partial charge in [-0.1, -0.05) is 11.8 Å². The van der Waals surface area contributed by atoms with Crippen LogP contribution in [0.2, 0.25) is 0 Å². The minimum atomic E-state index is -0.896. The van der Waals surface area contributed by atoms with Gasteiger partial charge in [0.05, 0.1) is 24.6 Å². The molecule has 1 N–H and O–H groups in total. The van der Waals surface area contributed by atoms with Crippen LogP contribution < -0.4 is 5.32 Å². The minimum absolute atomic E-state index is 0.158. The van der Waals surface area contributed by atoms with E-state index in [9.17, 15) is 22.8 Å². The average molecular weight is 507 g/mol. The van der Waals surface area contributed by atoms with Gasteiger partial charge in [0.15, 0.2) is 5.17 Å². The number of amides is 2. The Balaban J connectivity index is 1.44. The van der Waals surface area contributed by atoms with Gasteiger partial charge in [-0.3, -0.25) is 19.4 Å². The van der Waals surface area contributed by atoms with E-state index in [2.05, 4.69) is 15.2 Å². The molecule has 0 bridgehead atoms. The monoisotopic (exact) mass is 506 g/mol. The number of amidine groups is 1. The fraction of sp³-hybridized carbons (Fsp3) is 0.375. The Morgan fingerprint density at radius 3 is 2.49 bits per heavy atom. The highest BCUT2D eigenvalue weighted by Crippen LogP contribution is 2.32. The molecule has 0 aliphatic carbocycles. The van der Waals surface area contributed by atoms with E-state index in [0.717, 1.165) is 43.5 Å². The molecule has 2 amide bonds. The number of halogens is 3. The molecule has 11 heteroatoms. The van der Waals surface area contributed by atoms with E-state index in [4.69, 9.17) is 4.74 Å². The molecule has 2 aromatic rings. The molecular formula is C24H25F3N4O3S. The number of ether oxygens (including phenoxy) is 1. The van der Waals surface area contributed by atoms with Crippen LogP contribution in [-0.4, -0.2) is 71.4 Å². The molecule has 2 heterocycles. The highest BCUT2D eigenvalue weighted by Gasteiger charge is 2.39. The SMILES string of the molecule is O=C(CC1SC(=Nc2ccc(F)cc2)N(CCCN2CCOCC2)C1=O)Nc1ccc(F)cc1F. The van der Waals surface area contributed by atoms with E-state index in [1.807, 2.05) is 0 Å². The van der Waals surface area contributed by atoms with Crippen molar-refractivity contribution >= 4 is 40.1 Å². The van der Waals surface area contributed by atoms with Crippen LogP contribution in [0.5, 0.6) is 0 Å². The summed E-state index contributed by atoms with van der Waals surface area (Å²) in [4.78, 5) is 34.0. The van der Waals surface area contributed by atoms with Crippen molar-refractivity contribution < 1.29 is 27.5 Å². The van der Waals surface area contributed by atoms with Crippen molar-refractivity contribution in [3.63, 3.8) is 0 Å². The number of rotatable bonds is 8. The molecule has 0 aromatic heterocycles. The Labute approximate surface area is 205 Å². The number of benzene rings is 2. The fourth-order valence-electron chi connectivity index (χ4n) is 3.79. The number of nitrogens with one attached hydrogen (secondary N) is 1. The summed E-state index contributed by atoms with van der Waals surface area (Å²) in [5.74, 6) is -2.89. The summed E-state index contributed by atoms with van der Waals surface area (Å²) in [6.07, 6.45) is 0.497. The third-order valence-electron chi connectivity index (χ3n) is 5.61. The summed E-state index contributed by atoms with van der Waals surface area (Å²) in [5.41, 5.74) is 0.327. The summed E-state index contributed by atoms with van der Waals surface area (Å²) >= 11 is 1.14. The number of hydrogen-bond acceptors (Lipinski definition) is 6. The Hall–Kier alpha value is -2.89. The van der Waals surface area contributed by atoms with Gasteiger partial charge in [-0.05, 0) is 42.8 Å². The lowest BCUT2D eigenvalue weighted by atomic mass is 10.2. The Bertz CT molecular complexity index is 1090. The predicted molar refractivity (Wildman–Crippen MR) is 128 cm³/mol. The van der Waals surface area contributed by atoms with E-state index in [1.165, 1.54) is 24.3 Å². The molecular weight excluding hydrogens is 481 g/mol. The number of nitrogens with zero attached hydrogens (tertiary/aromatic N) is 3. The van der Waals surface area contributed by atoms with E-state index in [0.29, 0.717) is 43.1 Å². The van der Waals surface area contributed by atoms with Crippen LogP contribution in [0, 0.1) is 17.5 Å². The zero-order chi connectivity index (χ0) is 24.8. The molecule has 0 spiro atoms. The molecule has 2 aliphatic heterocycles. The van der Waals surface area contributed by atoms with Crippen molar-refractivity contribution in [2.24, 2.45) is 4.99 Å². The van der Waals surface area contributed by atoms with Crippen molar-refractivity contribution in [2.45, 2.75) is 18.1 Å². The van der Waals surface area contributed by atoms with Gasteiger partial charge >= 0.3 is 0 Å². The van der Waals surface area contributed by atoms with Gasteiger partial charge in [-0.15, -0.1) is 0 Å². The smallest absolute Gasteiger partial charge is 0.242 e. The first kappa shape index (κ1) is 25.2. The molecule has 2 fully saturated rings. The zero-order valence-corrected chi connectivity index (χ0v) is 19.7. The Morgan fingerprint density at radius 2 is 1.77 bits per heavy atom. The molecule has 0 radical (unpaired) electrons. The molecule has 0 saturated carbocycles. The number of carbonyl (C=O) groups is 2. The first-order valence-corrected chi connectivity index (χ1v) is 12.1. The quantitative estimate of drug-likeness (QED) is 0.590. The predicted octanol–water partition coefficient (Wildman–Crippen LogP) is 3.79. The summed E-state index contributed by atoms with van der Waals surface area (Å²) in [7, 11) is 0. The molecule has 2 saturated heterocycles. The summed E-state index contributed by atoms with van der Waals surface area (Å²) < 4.78 is 45.7. The first-order valence-electron chi connectivity index (χ1n) is 11.3. The molecule has 2 aliphatic rings. The third kappa shape index (κ3) is 6.83. The number of morpholine rings is 1. The van der Waals surface area contributed by atoms with Crippen molar-refractivity contribution in [3.8, 4) is 0 Å². The van der Waals surface area contributed by atoms with E-state index >= 15 is 0 Å². The van der Waals surface area contributed by atoms with Gasteiger partial charge < -0.3 is 10.1 Å². The molecule has 186 valence electrons. The Morgan fingerprint density at radius 1 is 1.06 bits per heavy atom. The van der Waals surface area contributed by atoms with Gasteiger partial charge in [0, 0.05) is 38.7 Å². The van der Waals surface area contributed by atoms with Crippen molar-refractivity contribution in [1.82, 2.24) is 9.80 Å². The van der Waals surface area contributed by atoms with Gasteiger partial charge in [0.1, 0.15) is 22.7 Å². The van der Waals surface area contributed by atoms with Crippen molar-refractivity contribution in [1.29, 1.82) is 0 Å². The van der Waals surface area contributed by atoms with Gasteiger partial charge in [0.2, 0.25) is 11.8 Å². The van der Waals surface area contributed by atoms with E-state index < -0.39 is 28.6 Å². The lowest BCUT2D eigenvalue weighted by Gasteiger charge is -2.27. The van der Waals surface area contributed by atoms with Gasteiger partial charge in [-0.2, -0.15) is 0 Å². The lowest BCUT2D eigenvalue weighted by molar-refractivity contribution is -0.128. The van der Waals surface area contributed by atoms with E-state index in [-0.39, 0.29) is 18.0 Å². The van der Waals surface area contributed by atoms with Crippen LogP contribution in [-0.2, 0) is 14.3 Å². The standard InChI is InChI=1S/C24H25F3N4O3S/c25-16-2-5-18(6-3-16)28-24-31(9-1-8-30-10-12-34-13-11-30)23(33)21(35-24)15-22(32)29-20-7-4-17(26)14-19(20)27/h2-7,14,21H,1,8-13,15H2,(H,29,32). The summed E-state index contributed by atoms with van der Waals surface area (Å²) in [6.45, 7) is 4.23. The highest BCUT2D eigenvalue weighted by atomic mass is 32.2. The second-order valence-corrected chi connectivity index (χ2v) is 9.32. The Kier molecular flexibility index (Phi) is 8.42. The topological polar surface area (TPSA) is 74.2 Å². The van der Waals surface area contributed by atoms with Crippen LogP contribution in [0.3, 0.4) is 0 Å². The second kappa shape index (κ2) is 11.7. The van der Waals surface area contributed by atoms with Crippen LogP contribution in [0.4, 0.5) is 24.5 Å². The number of thioether (sulfide) groups is 1. The number of carbonyl (C=O) groups excluding carboxylic acids is 2. The number of hydrogen-bond donors (Lipinski definition) is 1. The maximum absolute atomic E-state index is 13.9. The zero-order valence-electron chi connectivity index (χ0n) is 18.9. The lowest BCUT2D eigenvalue weighted by Crippen LogP contribution is -2.39. The van der Waals surface area contributed by atoms with E-state index in [1.54, 1.807) is 4.90 Å².